The Morgan fingerprint density at radius 1 is 1.17 bits per heavy atom. The summed E-state index contributed by atoms with van der Waals surface area (Å²) in [6, 6.07) is 13.9. The quantitative estimate of drug-likeness (QED) is 0.845. The summed E-state index contributed by atoms with van der Waals surface area (Å²) in [4.78, 5) is 4.33. The van der Waals surface area contributed by atoms with Crippen molar-refractivity contribution in [1.29, 1.82) is 0 Å². The molecule has 1 heterocycles. The van der Waals surface area contributed by atoms with Crippen LogP contribution >= 0.6 is 0 Å². The topological polar surface area (TPSA) is 45.2 Å². The normalized spacial score (nSPS) is 12.3. The highest BCUT2D eigenvalue weighted by Gasteiger charge is 2.09. The van der Waals surface area contributed by atoms with E-state index < -0.39 is 0 Å². The lowest BCUT2D eigenvalue weighted by Gasteiger charge is -2.17. The van der Waals surface area contributed by atoms with Gasteiger partial charge in [0.25, 0.3) is 0 Å². The van der Waals surface area contributed by atoms with Crippen molar-refractivity contribution >= 4 is 0 Å². The molecule has 0 saturated heterocycles. The molecule has 1 atom stereocenters. The van der Waals surface area contributed by atoms with Gasteiger partial charge in [-0.2, -0.15) is 0 Å². The number of pyridine rings is 1. The molecule has 0 saturated carbocycles. The summed E-state index contributed by atoms with van der Waals surface area (Å²) in [6.07, 6.45) is 1.79. The van der Waals surface area contributed by atoms with Crippen molar-refractivity contribution in [1.82, 2.24) is 10.3 Å². The van der Waals surface area contributed by atoms with E-state index in [-0.39, 0.29) is 12.6 Å². The molecule has 0 aliphatic rings. The van der Waals surface area contributed by atoms with E-state index >= 15 is 0 Å². The van der Waals surface area contributed by atoms with E-state index in [0.717, 1.165) is 16.8 Å². The van der Waals surface area contributed by atoms with Crippen LogP contribution < -0.4 is 5.32 Å². The molecule has 1 aromatic heterocycles. The van der Waals surface area contributed by atoms with E-state index in [1.54, 1.807) is 6.20 Å². The van der Waals surface area contributed by atoms with Gasteiger partial charge in [0.05, 0.1) is 18.3 Å². The Balaban J connectivity index is 2.02. The highest BCUT2D eigenvalue weighted by Crippen LogP contribution is 2.13. The first kappa shape index (κ1) is 12.7. The van der Waals surface area contributed by atoms with Crippen LogP contribution in [-0.2, 0) is 6.54 Å². The maximum absolute atomic E-state index is 9.44. The summed E-state index contributed by atoms with van der Waals surface area (Å²) in [5.74, 6) is 0. The number of hydrogen-bond acceptors (Lipinski definition) is 3. The fraction of sp³-hybridized carbons (Fsp3) is 0.267. The largest absolute Gasteiger partial charge is 0.394 e. The third kappa shape index (κ3) is 3.15. The van der Waals surface area contributed by atoms with Gasteiger partial charge in [-0.15, -0.1) is 0 Å². The number of aromatic nitrogens is 1. The van der Waals surface area contributed by atoms with Crippen LogP contribution in [0.1, 0.15) is 22.9 Å². The Labute approximate surface area is 108 Å². The molecule has 2 N–H and O–H groups in total. The molecule has 3 heteroatoms. The van der Waals surface area contributed by atoms with Gasteiger partial charge >= 0.3 is 0 Å². The van der Waals surface area contributed by atoms with Crippen molar-refractivity contribution in [2.75, 3.05) is 6.61 Å². The molecule has 0 fully saturated rings. The van der Waals surface area contributed by atoms with Crippen molar-refractivity contribution in [3.63, 3.8) is 0 Å². The summed E-state index contributed by atoms with van der Waals surface area (Å²) in [7, 11) is 0. The number of aryl methyl sites for hydroxylation is 1. The summed E-state index contributed by atoms with van der Waals surface area (Å²) in [6.45, 7) is 2.78. The summed E-state index contributed by atoms with van der Waals surface area (Å²) < 4.78 is 0. The van der Waals surface area contributed by atoms with Crippen molar-refractivity contribution in [3.05, 3.63) is 65.5 Å². The third-order valence-corrected chi connectivity index (χ3v) is 3.02. The molecule has 2 rings (SSSR count). The van der Waals surface area contributed by atoms with Crippen LogP contribution in [0.3, 0.4) is 0 Å². The molecule has 0 aliphatic carbocycles. The zero-order valence-corrected chi connectivity index (χ0v) is 10.5. The first-order chi connectivity index (χ1) is 8.81. The van der Waals surface area contributed by atoms with Gasteiger partial charge in [-0.3, -0.25) is 4.98 Å². The maximum atomic E-state index is 9.44. The van der Waals surface area contributed by atoms with Gasteiger partial charge in [-0.1, -0.05) is 36.4 Å². The van der Waals surface area contributed by atoms with Gasteiger partial charge in [0, 0.05) is 12.7 Å². The lowest BCUT2D eigenvalue weighted by atomic mass is 10.1. The number of aliphatic hydroxyl groups is 1. The Kier molecular flexibility index (Phi) is 4.45. The lowest BCUT2D eigenvalue weighted by Crippen LogP contribution is -2.24. The van der Waals surface area contributed by atoms with Crippen molar-refractivity contribution in [2.24, 2.45) is 0 Å². The molecule has 1 aromatic carbocycles. The van der Waals surface area contributed by atoms with E-state index in [0.29, 0.717) is 6.54 Å². The minimum absolute atomic E-state index is 0.0485. The van der Waals surface area contributed by atoms with Gasteiger partial charge in [-0.05, 0) is 24.1 Å². The number of aliphatic hydroxyl groups excluding tert-OH is 1. The van der Waals surface area contributed by atoms with E-state index in [9.17, 15) is 5.11 Å². The molecule has 94 valence electrons. The molecule has 2 aromatic rings. The van der Waals surface area contributed by atoms with Crippen molar-refractivity contribution in [2.45, 2.75) is 19.5 Å². The standard InChI is InChI=1S/C15H18N2O/c1-12-6-5-9-16-14(12)10-17-15(11-18)13-7-3-2-4-8-13/h2-9,15,17-18H,10-11H2,1H3. The molecular formula is C15H18N2O. The second-order valence-electron chi connectivity index (χ2n) is 4.29. The minimum atomic E-state index is -0.0485. The summed E-state index contributed by atoms with van der Waals surface area (Å²) in [5.41, 5.74) is 3.27. The van der Waals surface area contributed by atoms with Crippen LogP contribution in [0.15, 0.2) is 48.7 Å². The molecule has 0 amide bonds. The second kappa shape index (κ2) is 6.28. The predicted molar refractivity (Wildman–Crippen MR) is 72.1 cm³/mol. The Morgan fingerprint density at radius 2 is 1.94 bits per heavy atom. The molecular weight excluding hydrogens is 224 g/mol. The van der Waals surface area contributed by atoms with Gasteiger partial charge in [0.15, 0.2) is 0 Å². The fourth-order valence-corrected chi connectivity index (χ4v) is 1.90. The minimum Gasteiger partial charge on any atom is -0.394 e. The monoisotopic (exact) mass is 242 g/mol. The second-order valence-corrected chi connectivity index (χ2v) is 4.29. The lowest BCUT2D eigenvalue weighted by molar-refractivity contribution is 0.243. The molecule has 0 spiro atoms. The van der Waals surface area contributed by atoms with Gasteiger partial charge in [-0.25, -0.2) is 0 Å². The number of hydrogen-bond donors (Lipinski definition) is 2. The van der Waals surface area contributed by atoms with Crippen LogP contribution in [0.5, 0.6) is 0 Å². The Morgan fingerprint density at radius 3 is 2.61 bits per heavy atom. The number of nitrogens with one attached hydrogen (secondary N) is 1. The maximum Gasteiger partial charge on any atom is 0.0626 e. The van der Waals surface area contributed by atoms with Crippen LogP contribution in [-0.4, -0.2) is 16.7 Å². The van der Waals surface area contributed by atoms with E-state index in [1.165, 1.54) is 0 Å². The average molecular weight is 242 g/mol. The zero-order valence-electron chi connectivity index (χ0n) is 10.5. The van der Waals surface area contributed by atoms with E-state index in [4.69, 9.17) is 0 Å². The summed E-state index contributed by atoms with van der Waals surface area (Å²) in [5, 5.41) is 12.8. The molecule has 0 aliphatic heterocycles. The third-order valence-electron chi connectivity index (χ3n) is 3.02. The molecule has 18 heavy (non-hydrogen) atoms. The van der Waals surface area contributed by atoms with E-state index in [2.05, 4.69) is 10.3 Å². The van der Waals surface area contributed by atoms with Crippen LogP contribution in [0, 0.1) is 6.92 Å². The fourth-order valence-electron chi connectivity index (χ4n) is 1.90. The van der Waals surface area contributed by atoms with Crippen molar-refractivity contribution < 1.29 is 5.11 Å². The van der Waals surface area contributed by atoms with Crippen LogP contribution in [0.4, 0.5) is 0 Å². The van der Waals surface area contributed by atoms with E-state index in [1.807, 2.05) is 49.4 Å². The number of nitrogens with zero attached hydrogens (tertiary/aromatic N) is 1. The molecule has 1 unspecified atom stereocenters. The first-order valence-electron chi connectivity index (χ1n) is 6.11. The molecule has 0 bridgehead atoms. The summed E-state index contributed by atoms with van der Waals surface area (Å²) >= 11 is 0. The molecule has 0 radical (unpaired) electrons. The zero-order chi connectivity index (χ0) is 12.8. The number of benzene rings is 1. The molecule has 3 nitrogen and oxygen atoms in total. The first-order valence-corrected chi connectivity index (χ1v) is 6.11. The van der Waals surface area contributed by atoms with Gasteiger partial charge in [0.1, 0.15) is 0 Å². The average Bonchev–Trinajstić information content (AvgIpc) is 2.42. The Hall–Kier alpha value is -1.71. The Bertz CT molecular complexity index is 485. The highest BCUT2D eigenvalue weighted by atomic mass is 16.3. The van der Waals surface area contributed by atoms with Crippen molar-refractivity contribution in [3.8, 4) is 0 Å². The van der Waals surface area contributed by atoms with Gasteiger partial charge in [0.2, 0.25) is 0 Å². The van der Waals surface area contributed by atoms with Crippen LogP contribution in [0.2, 0.25) is 0 Å². The smallest absolute Gasteiger partial charge is 0.0626 e. The van der Waals surface area contributed by atoms with Crippen LogP contribution in [0.25, 0.3) is 0 Å². The highest BCUT2D eigenvalue weighted by molar-refractivity contribution is 5.20. The predicted octanol–water partition coefficient (Wildman–Crippen LogP) is 2.21. The van der Waals surface area contributed by atoms with Gasteiger partial charge < -0.3 is 10.4 Å². The SMILES string of the molecule is Cc1cccnc1CNC(CO)c1ccccc1. The number of rotatable bonds is 5.